The van der Waals surface area contributed by atoms with Gasteiger partial charge in [0, 0.05) is 5.56 Å². The lowest BCUT2D eigenvalue weighted by molar-refractivity contribution is -0.124. The third kappa shape index (κ3) is 5.37. The van der Waals surface area contributed by atoms with Crippen molar-refractivity contribution in [2.75, 3.05) is 0 Å². The molecule has 2 aromatic rings. The van der Waals surface area contributed by atoms with E-state index in [2.05, 4.69) is 16.2 Å². The fourth-order valence-electron chi connectivity index (χ4n) is 2.45. The zero-order valence-corrected chi connectivity index (χ0v) is 15.4. The maximum atomic E-state index is 13.6. The molecule has 0 aliphatic rings. The fraction of sp³-hybridized carbons (Fsp3) is 0.250. The Morgan fingerprint density at radius 2 is 1.63 bits per heavy atom. The van der Waals surface area contributed by atoms with Crippen molar-refractivity contribution in [2.24, 2.45) is 5.92 Å². The van der Waals surface area contributed by atoms with Crippen molar-refractivity contribution < 1.29 is 18.8 Å². The Morgan fingerprint density at radius 1 is 0.926 bits per heavy atom. The standard InChI is InChI=1S/C20H22FN3O3/c1-12(2)17(22-18(25)14-8-6-7-13(3)11-14)20(27)24-23-19(26)15-9-4-5-10-16(15)21/h4-12,17H,1-3H3,(H,22,25)(H,23,26)(H,24,27)/t17-/m0/s1. The summed E-state index contributed by atoms with van der Waals surface area (Å²) < 4.78 is 13.6. The van der Waals surface area contributed by atoms with E-state index in [1.54, 1.807) is 32.0 Å². The Morgan fingerprint density at radius 3 is 2.26 bits per heavy atom. The number of rotatable bonds is 5. The molecule has 6 nitrogen and oxygen atoms in total. The van der Waals surface area contributed by atoms with Gasteiger partial charge < -0.3 is 5.32 Å². The third-order valence-electron chi connectivity index (χ3n) is 3.93. The molecule has 0 aliphatic carbocycles. The molecule has 2 rings (SSSR count). The van der Waals surface area contributed by atoms with Gasteiger partial charge in [0.2, 0.25) is 0 Å². The minimum atomic E-state index is -0.876. The molecular formula is C20H22FN3O3. The zero-order chi connectivity index (χ0) is 20.0. The largest absolute Gasteiger partial charge is 0.340 e. The van der Waals surface area contributed by atoms with Gasteiger partial charge in [-0.1, -0.05) is 43.7 Å². The molecule has 0 spiro atoms. The molecule has 0 saturated carbocycles. The lowest BCUT2D eigenvalue weighted by atomic mass is 10.0. The highest BCUT2D eigenvalue weighted by Gasteiger charge is 2.25. The molecule has 0 aromatic heterocycles. The molecule has 0 radical (unpaired) electrons. The summed E-state index contributed by atoms with van der Waals surface area (Å²) in [5, 5.41) is 2.66. The van der Waals surface area contributed by atoms with Crippen LogP contribution in [-0.2, 0) is 4.79 Å². The predicted molar refractivity (Wildman–Crippen MR) is 99.3 cm³/mol. The lowest BCUT2D eigenvalue weighted by Gasteiger charge is -2.22. The first kappa shape index (κ1) is 20.1. The second-order valence-electron chi connectivity index (χ2n) is 6.49. The van der Waals surface area contributed by atoms with E-state index >= 15 is 0 Å². The van der Waals surface area contributed by atoms with Crippen LogP contribution in [0.1, 0.15) is 40.1 Å². The van der Waals surface area contributed by atoms with Crippen molar-refractivity contribution in [1.82, 2.24) is 16.2 Å². The maximum Gasteiger partial charge on any atom is 0.272 e. The highest BCUT2D eigenvalue weighted by atomic mass is 19.1. The second-order valence-corrected chi connectivity index (χ2v) is 6.49. The predicted octanol–water partition coefficient (Wildman–Crippen LogP) is 2.35. The quantitative estimate of drug-likeness (QED) is 0.705. The van der Waals surface area contributed by atoms with Crippen LogP contribution in [0.25, 0.3) is 0 Å². The molecule has 0 unspecified atom stereocenters. The van der Waals surface area contributed by atoms with E-state index in [0.29, 0.717) is 5.56 Å². The first-order chi connectivity index (χ1) is 12.8. The van der Waals surface area contributed by atoms with Gasteiger partial charge in [-0.2, -0.15) is 0 Å². The number of hydrazine groups is 1. The molecular weight excluding hydrogens is 349 g/mol. The number of nitrogens with one attached hydrogen (secondary N) is 3. The van der Waals surface area contributed by atoms with Crippen LogP contribution in [0, 0.1) is 18.7 Å². The highest BCUT2D eigenvalue weighted by Crippen LogP contribution is 2.08. The van der Waals surface area contributed by atoms with E-state index in [9.17, 15) is 18.8 Å². The number of aryl methyl sites for hydroxylation is 1. The van der Waals surface area contributed by atoms with Crippen LogP contribution in [0.5, 0.6) is 0 Å². The topological polar surface area (TPSA) is 87.3 Å². The zero-order valence-electron chi connectivity index (χ0n) is 15.4. The molecule has 1 atom stereocenters. The molecule has 3 amide bonds. The minimum absolute atomic E-state index is 0.192. The average molecular weight is 371 g/mol. The van der Waals surface area contributed by atoms with Crippen LogP contribution < -0.4 is 16.2 Å². The normalized spacial score (nSPS) is 11.6. The first-order valence-corrected chi connectivity index (χ1v) is 8.52. The monoisotopic (exact) mass is 371 g/mol. The van der Waals surface area contributed by atoms with Gasteiger partial charge in [-0.05, 0) is 37.1 Å². The second kappa shape index (κ2) is 8.93. The van der Waals surface area contributed by atoms with E-state index in [-0.39, 0.29) is 11.5 Å². The van der Waals surface area contributed by atoms with Crippen molar-refractivity contribution in [3.8, 4) is 0 Å². The van der Waals surface area contributed by atoms with Gasteiger partial charge in [-0.15, -0.1) is 0 Å². The van der Waals surface area contributed by atoms with Gasteiger partial charge in [-0.25, -0.2) is 4.39 Å². The smallest absolute Gasteiger partial charge is 0.272 e. The summed E-state index contributed by atoms with van der Waals surface area (Å²) >= 11 is 0. The molecule has 0 heterocycles. The molecule has 0 fully saturated rings. The van der Waals surface area contributed by atoms with E-state index in [0.717, 1.165) is 11.6 Å². The molecule has 2 aromatic carbocycles. The first-order valence-electron chi connectivity index (χ1n) is 8.52. The third-order valence-corrected chi connectivity index (χ3v) is 3.93. The summed E-state index contributed by atoms with van der Waals surface area (Å²) in [6.45, 7) is 5.39. The average Bonchev–Trinajstić information content (AvgIpc) is 2.63. The van der Waals surface area contributed by atoms with Crippen molar-refractivity contribution in [2.45, 2.75) is 26.8 Å². The summed E-state index contributed by atoms with van der Waals surface area (Å²) in [4.78, 5) is 36.8. The van der Waals surface area contributed by atoms with Crippen LogP contribution in [-0.4, -0.2) is 23.8 Å². The number of hydrogen-bond acceptors (Lipinski definition) is 3. The Hall–Kier alpha value is -3.22. The van der Waals surface area contributed by atoms with Gasteiger partial charge in [0.05, 0.1) is 5.56 Å². The summed E-state index contributed by atoms with van der Waals surface area (Å²) in [7, 11) is 0. The summed E-state index contributed by atoms with van der Waals surface area (Å²) in [6, 6.07) is 11.5. The molecule has 7 heteroatoms. The summed E-state index contributed by atoms with van der Waals surface area (Å²) in [6.07, 6.45) is 0. The van der Waals surface area contributed by atoms with Crippen molar-refractivity contribution in [1.29, 1.82) is 0 Å². The van der Waals surface area contributed by atoms with Crippen LogP contribution in [0.2, 0.25) is 0 Å². The molecule has 0 aliphatic heterocycles. The van der Waals surface area contributed by atoms with Gasteiger partial charge in [0.1, 0.15) is 11.9 Å². The Labute approximate surface area is 157 Å². The molecule has 142 valence electrons. The summed E-state index contributed by atoms with van der Waals surface area (Å²) in [5.74, 6) is -2.71. The van der Waals surface area contributed by atoms with Crippen LogP contribution in [0.15, 0.2) is 48.5 Å². The lowest BCUT2D eigenvalue weighted by Crippen LogP contribution is -2.54. The highest BCUT2D eigenvalue weighted by molar-refractivity contribution is 5.99. The Kier molecular flexibility index (Phi) is 6.65. The molecule has 3 N–H and O–H groups in total. The van der Waals surface area contributed by atoms with Crippen LogP contribution in [0.3, 0.4) is 0 Å². The van der Waals surface area contributed by atoms with E-state index in [1.165, 1.54) is 18.2 Å². The number of benzene rings is 2. The van der Waals surface area contributed by atoms with Crippen molar-refractivity contribution in [3.05, 3.63) is 71.0 Å². The number of hydrogen-bond donors (Lipinski definition) is 3. The fourth-order valence-corrected chi connectivity index (χ4v) is 2.45. The minimum Gasteiger partial charge on any atom is -0.340 e. The SMILES string of the molecule is Cc1cccc(C(=O)N[C@H](C(=O)NNC(=O)c2ccccc2F)C(C)C)c1. The van der Waals surface area contributed by atoms with Crippen molar-refractivity contribution >= 4 is 17.7 Å². The number of carbonyl (C=O) groups is 3. The Balaban J connectivity index is 2.01. The van der Waals surface area contributed by atoms with Gasteiger partial charge in [-0.3, -0.25) is 25.2 Å². The summed E-state index contributed by atoms with van der Waals surface area (Å²) in [5.41, 5.74) is 5.57. The number of carbonyl (C=O) groups excluding carboxylic acids is 3. The van der Waals surface area contributed by atoms with Gasteiger partial charge >= 0.3 is 0 Å². The van der Waals surface area contributed by atoms with Gasteiger partial charge in [0.25, 0.3) is 17.7 Å². The van der Waals surface area contributed by atoms with Crippen LogP contribution >= 0.6 is 0 Å². The van der Waals surface area contributed by atoms with Gasteiger partial charge in [0.15, 0.2) is 0 Å². The maximum absolute atomic E-state index is 13.6. The molecule has 27 heavy (non-hydrogen) atoms. The van der Waals surface area contributed by atoms with Crippen LogP contribution in [0.4, 0.5) is 4.39 Å². The van der Waals surface area contributed by atoms with Crippen molar-refractivity contribution in [3.63, 3.8) is 0 Å². The Bertz CT molecular complexity index is 852. The van der Waals surface area contributed by atoms with E-state index < -0.39 is 29.6 Å². The van der Waals surface area contributed by atoms with E-state index in [4.69, 9.17) is 0 Å². The molecule has 0 bridgehead atoms. The number of halogens is 1. The number of amides is 3. The van der Waals surface area contributed by atoms with E-state index in [1.807, 2.05) is 13.0 Å². The molecule has 0 saturated heterocycles.